The van der Waals surface area contributed by atoms with E-state index >= 15 is 0 Å². The number of aromatic nitrogens is 2. The van der Waals surface area contributed by atoms with Gasteiger partial charge in [0.15, 0.2) is 5.78 Å². The van der Waals surface area contributed by atoms with Crippen LogP contribution in [0.1, 0.15) is 15.9 Å². The molecule has 0 aliphatic rings. The second-order valence-electron chi connectivity index (χ2n) is 4.51. The largest absolute Gasteiger partial charge is 0.497 e. The van der Waals surface area contributed by atoms with Crippen LogP contribution in [0.3, 0.4) is 0 Å². The van der Waals surface area contributed by atoms with E-state index in [0.717, 1.165) is 0 Å². The second-order valence-corrected chi connectivity index (χ2v) is 4.51. The van der Waals surface area contributed by atoms with Crippen LogP contribution in [0.4, 0.5) is 0 Å². The number of hydrogen-bond donors (Lipinski definition) is 1. The lowest BCUT2D eigenvalue weighted by molar-refractivity contribution is 0.103. The van der Waals surface area contributed by atoms with Crippen LogP contribution in [0.15, 0.2) is 53.7 Å². The molecule has 21 heavy (non-hydrogen) atoms. The number of carbonyl (C=O) groups is 1. The average molecular weight is 280 g/mol. The molecule has 3 rings (SSSR count). The highest BCUT2D eigenvalue weighted by Gasteiger charge is 2.15. The number of methoxy groups -OCH3 is 1. The van der Waals surface area contributed by atoms with Crippen molar-refractivity contribution >= 4 is 16.7 Å². The van der Waals surface area contributed by atoms with Crippen molar-refractivity contribution < 1.29 is 9.53 Å². The van der Waals surface area contributed by atoms with Gasteiger partial charge in [0.2, 0.25) is 5.43 Å². The number of fused-ring (bicyclic) bond motifs is 1. The molecule has 0 fully saturated rings. The van der Waals surface area contributed by atoms with Crippen molar-refractivity contribution in [2.75, 3.05) is 7.11 Å². The molecule has 2 aromatic heterocycles. The Morgan fingerprint density at radius 2 is 1.95 bits per heavy atom. The van der Waals surface area contributed by atoms with Crippen LogP contribution in [0.2, 0.25) is 0 Å². The van der Waals surface area contributed by atoms with Gasteiger partial charge in [0.1, 0.15) is 5.75 Å². The van der Waals surface area contributed by atoms with Crippen LogP contribution in [-0.2, 0) is 0 Å². The van der Waals surface area contributed by atoms with Gasteiger partial charge in [-0.1, -0.05) is 0 Å². The van der Waals surface area contributed by atoms with E-state index in [1.165, 1.54) is 25.7 Å². The van der Waals surface area contributed by atoms with E-state index < -0.39 is 0 Å². The van der Waals surface area contributed by atoms with Gasteiger partial charge in [-0.15, -0.1) is 0 Å². The molecule has 0 saturated heterocycles. The number of nitrogens with one attached hydrogen (secondary N) is 1. The Balaban J connectivity index is 2.18. The molecule has 0 unspecified atom stereocenters. The number of ketones is 1. The first-order valence-electron chi connectivity index (χ1n) is 6.35. The van der Waals surface area contributed by atoms with Crippen LogP contribution in [-0.4, -0.2) is 22.9 Å². The first-order valence-corrected chi connectivity index (χ1v) is 6.35. The third-order valence-electron chi connectivity index (χ3n) is 3.28. The summed E-state index contributed by atoms with van der Waals surface area (Å²) in [6.45, 7) is 0. The molecule has 0 radical (unpaired) electrons. The minimum absolute atomic E-state index is 0.0990. The molecular weight excluding hydrogens is 268 g/mol. The Morgan fingerprint density at radius 1 is 1.19 bits per heavy atom. The molecule has 5 nitrogen and oxygen atoms in total. The standard InChI is InChI=1S/C16H12N2O3/c1-21-11-2-3-14-12(8-11)16(20)13(9-18-14)15(19)10-4-6-17-7-5-10/h2-9H,1H3,(H,18,20). The Kier molecular flexibility index (Phi) is 3.23. The lowest BCUT2D eigenvalue weighted by atomic mass is 10.0. The molecule has 0 amide bonds. The topological polar surface area (TPSA) is 72.1 Å². The zero-order chi connectivity index (χ0) is 14.8. The molecule has 0 spiro atoms. The molecule has 1 aromatic carbocycles. The summed E-state index contributed by atoms with van der Waals surface area (Å²) in [6, 6.07) is 8.28. The molecule has 1 N–H and O–H groups in total. The maximum Gasteiger partial charge on any atom is 0.200 e. The number of aromatic amines is 1. The minimum atomic E-state index is -0.330. The highest BCUT2D eigenvalue weighted by molar-refractivity contribution is 6.09. The van der Waals surface area contributed by atoms with Crippen molar-refractivity contribution in [1.29, 1.82) is 0 Å². The number of H-pyrrole nitrogens is 1. The van der Waals surface area contributed by atoms with E-state index in [0.29, 0.717) is 22.2 Å². The van der Waals surface area contributed by atoms with Gasteiger partial charge in [-0.2, -0.15) is 0 Å². The van der Waals surface area contributed by atoms with Gasteiger partial charge < -0.3 is 9.72 Å². The van der Waals surface area contributed by atoms with Crippen molar-refractivity contribution in [3.05, 3.63) is 70.3 Å². The fourth-order valence-corrected chi connectivity index (χ4v) is 2.15. The van der Waals surface area contributed by atoms with Crippen LogP contribution < -0.4 is 10.2 Å². The summed E-state index contributed by atoms with van der Waals surface area (Å²) in [7, 11) is 1.53. The summed E-state index contributed by atoms with van der Waals surface area (Å²) < 4.78 is 5.12. The molecule has 2 heterocycles. The van der Waals surface area contributed by atoms with E-state index in [9.17, 15) is 9.59 Å². The van der Waals surface area contributed by atoms with Crippen molar-refractivity contribution in [2.45, 2.75) is 0 Å². The third kappa shape index (κ3) is 2.29. The summed E-state index contributed by atoms with van der Waals surface area (Å²) in [5, 5.41) is 0.425. The first kappa shape index (κ1) is 13.1. The average Bonchev–Trinajstić information content (AvgIpc) is 2.55. The summed E-state index contributed by atoms with van der Waals surface area (Å²) in [5.74, 6) is 0.241. The number of pyridine rings is 2. The number of hydrogen-bond acceptors (Lipinski definition) is 4. The van der Waals surface area contributed by atoms with E-state index in [1.54, 1.807) is 30.3 Å². The first-order chi connectivity index (χ1) is 10.2. The number of rotatable bonds is 3. The molecule has 104 valence electrons. The molecule has 5 heteroatoms. The smallest absolute Gasteiger partial charge is 0.200 e. The fraction of sp³-hybridized carbons (Fsp3) is 0.0625. The maximum atomic E-state index is 12.5. The number of benzene rings is 1. The summed E-state index contributed by atoms with van der Waals surface area (Å²) in [5.41, 5.74) is 0.872. The van der Waals surface area contributed by atoms with Gasteiger partial charge >= 0.3 is 0 Å². The molecular formula is C16H12N2O3. The Bertz CT molecular complexity index is 870. The summed E-state index contributed by atoms with van der Waals surface area (Å²) in [4.78, 5) is 31.7. The van der Waals surface area contributed by atoms with E-state index in [1.807, 2.05) is 0 Å². The highest BCUT2D eigenvalue weighted by atomic mass is 16.5. The molecule has 0 bridgehead atoms. The predicted octanol–water partition coefficient (Wildman–Crippen LogP) is 2.16. The summed E-state index contributed by atoms with van der Waals surface area (Å²) >= 11 is 0. The molecule has 3 aromatic rings. The number of ether oxygens (including phenoxy) is 1. The predicted molar refractivity (Wildman–Crippen MR) is 78.8 cm³/mol. The van der Waals surface area contributed by atoms with E-state index in [4.69, 9.17) is 4.74 Å². The van der Waals surface area contributed by atoms with Crippen LogP contribution in [0.5, 0.6) is 5.75 Å². The lowest BCUT2D eigenvalue weighted by Crippen LogP contribution is -2.16. The zero-order valence-electron chi connectivity index (χ0n) is 11.3. The lowest BCUT2D eigenvalue weighted by Gasteiger charge is -2.05. The molecule has 0 saturated carbocycles. The minimum Gasteiger partial charge on any atom is -0.497 e. The van der Waals surface area contributed by atoms with Crippen molar-refractivity contribution in [3.8, 4) is 5.75 Å². The van der Waals surface area contributed by atoms with Gasteiger partial charge in [-0.3, -0.25) is 14.6 Å². The van der Waals surface area contributed by atoms with Crippen LogP contribution in [0, 0.1) is 0 Å². The summed E-state index contributed by atoms with van der Waals surface area (Å²) in [6.07, 6.45) is 4.48. The highest BCUT2D eigenvalue weighted by Crippen LogP contribution is 2.17. The quantitative estimate of drug-likeness (QED) is 0.746. The monoisotopic (exact) mass is 280 g/mol. The van der Waals surface area contributed by atoms with Crippen LogP contribution in [0.25, 0.3) is 10.9 Å². The number of nitrogens with zero attached hydrogens (tertiary/aromatic N) is 1. The van der Waals surface area contributed by atoms with Gasteiger partial charge in [0.05, 0.1) is 12.7 Å². The number of carbonyl (C=O) groups excluding carboxylic acids is 1. The normalized spacial score (nSPS) is 10.5. The molecule has 0 aliphatic heterocycles. The Morgan fingerprint density at radius 3 is 2.67 bits per heavy atom. The third-order valence-corrected chi connectivity index (χ3v) is 3.28. The SMILES string of the molecule is COc1ccc2[nH]cc(C(=O)c3ccncc3)c(=O)c2c1. The molecule has 0 atom stereocenters. The van der Waals surface area contributed by atoms with Gasteiger partial charge in [0, 0.05) is 35.1 Å². The van der Waals surface area contributed by atoms with Crippen molar-refractivity contribution in [1.82, 2.24) is 9.97 Å². The zero-order valence-corrected chi connectivity index (χ0v) is 11.3. The second kappa shape index (κ2) is 5.20. The van der Waals surface area contributed by atoms with E-state index in [2.05, 4.69) is 9.97 Å². The van der Waals surface area contributed by atoms with Crippen LogP contribution >= 0.6 is 0 Å². The fourth-order valence-electron chi connectivity index (χ4n) is 2.15. The Labute approximate surface area is 120 Å². The Hall–Kier alpha value is -2.95. The van der Waals surface area contributed by atoms with E-state index in [-0.39, 0.29) is 16.8 Å². The van der Waals surface area contributed by atoms with Gasteiger partial charge in [0.25, 0.3) is 0 Å². The van der Waals surface area contributed by atoms with Gasteiger partial charge in [-0.05, 0) is 30.3 Å². The van der Waals surface area contributed by atoms with Gasteiger partial charge in [-0.25, -0.2) is 0 Å². The molecule has 0 aliphatic carbocycles. The van der Waals surface area contributed by atoms with Crippen molar-refractivity contribution in [2.24, 2.45) is 0 Å². The maximum absolute atomic E-state index is 12.5. The van der Waals surface area contributed by atoms with Crippen molar-refractivity contribution in [3.63, 3.8) is 0 Å².